The third-order valence-electron chi connectivity index (χ3n) is 4.21. The monoisotopic (exact) mass is 265 g/mol. The maximum Gasteiger partial charge on any atom is 0.123 e. The highest BCUT2D eigenvalue weighted by Crippen LogP contribution is 2.37. The lowest BCUT2D eigenvalue weighted by atomic mass is 9.87. The van der Waals surface area contributed by atoms with Gasteiger partial charge in [0.25, 0.3) is 0 Å². The molecule has 0 aromatic heterocycles. The summed E-state index contributed by atoms with van der Waals surface area (Å²) in [6.45, 7) is 0. The first kappa shape index (κ1) is 14.3. The summed E-state index contributed by atoms with van der Waals surface area (Å²) < 4.78 is 18.9. The molecular weight excluding hydrogens is 241 g/mol. The zero-order valence-electron chi connectivity index (χ0n) is 11.9. The van der Waals surface area contributed by atoms with Gasteiger partial charge in [-0.1, -0.05) is 25.7 Å². The molecule has 0 bridgehead atoms. The van der Waals surface area contributed by atoms with Crippen LogP contribution in [0.1, 0.15) is 50.1 Å². The van der Waals surface area contributed by atoms with Gasteiger partial charge in [-0.2, -0.15) is 0 Å². The van der Waals surface area contributed by atoms with Crippen molar-refractivity contribution in [3.05, 3.63) is 29.6 Å². The van der Waals surface area contributed by atoms with E-state index in [1.807, 2.05) is 7.05 Å². The quantitative estimate of drug-likeness (QED) is 0.829. The Morgan fingerprint density at radius 2 is 1.89 bits per heavy atom. The molecule has 106 valence electrons. The minimum Gasteiger partial charge on any atom is -0.496 e. The van der Waals surface area contributed by atoms with Crippen molar-refractivity contribution in [1.82, 2.24) is 5.32 Å². The summed E-state index contributed by atoms with van der Waals surface area (Å²) in [6, 6.07) is 4.99. The van der Waals surface area contributed by atoms with E-state index in [0.29, 0.717) is 5.92 Å². The Morgan fingerprint density at radius 3 is 2.47 bits per heavy atom. The van der Waals surface area contributed by atoms with Crippen LogP contribution in [0, 0.1) is 11.7 Å². The maximum atomic E-state index is 13.5. The molecule has 0 radical (unpaired) electrons. The van der Waals surface area contributed by atoms with Crippen molar-refractivity contribution < 1.29 is 9.13 Å². The second-order valence-corrected chi connectivity index (χ2v) is 5.40. The lowest BCUT2D eigenvalue weighted by molar-refractivity contribution is 0.325. The number of nitrogens with one attached hydrogen (secondary N) is 1. The van der Waals surface area contributed by atoms with Crippen LogP contribution in [-0.4, -0.2) is 14.2 Å². The van der Waals surface area contributed by atoms with Gasteiger partial charge >= 0.3 is 0 Å². The molecule has 1 unspecified atom stereocenters. The standard InChI is InChI=1S/C16H24FNO/c1-18-16(12-7-5-3-4-6-8-12)14-11-13(17)9-10-15(14)19-2/h9-12,16,18H,3-8H2,1-2H3. The largest absolute Gasteiger partial charge is 0.496 e. The number of ether oxygens (including phenoxy) is 1. The van der Waals surface area contributed by atoms with Crippen LogP contribution >= 0.6 is 0 Å². The van der Waals surface area contributed by atoms with Crippen LogP contribution in [0.25, 0.3) is 0 Å². The second kappa shape index (κ2) is 6.90. The summed E-state index contributed by atoms with van der Waals surface area (Å²) >= 11 is 0. The fourth-order valence-corrected chi connectivity index (χ4v) is 3.24. The van der Waals surface area contributed by atoms with Crippen LogP contribution < -0.4 is 10.1 Å². The summed E-state index contributed by atoms with van der Waals surface area (Å²) in [4.78, 5) is 0. The van der Waals surface area contributed by atoms with Crippen molar-refractivity contribution in [3.63, 3.8) is 0 Å². The van der Waals surface area contributed by atoms with Gasteiger partial charge in [0.1, 0.15) is 11.6 Å². The third-order valence-corrected chi connectivity index (χ3v) is 4.21. The van der Waals surface area contributed by atoms with Gasteiger partial charge in [0, 0.05) is 11.6 Å². The third kappa shape index (κ3) is 3.47. The minimum absolute atomic E-state index is 0.184. The zero-order chi connectivity index (χ0) is 13.7. The molecular formula is C16H24FNO. The minimum atomic E-state index is -0.190. The molecule has 19 heavy (non-hydrogen) atoms. The number of hydrogen-bond acceptors (Lipinski definition) is 2. The van der Waals surface area contributed by atoms with Crippen LogP contribution in [0.3, 0.4) is 0 Å². The molecule has 1 atom stereocenters. The molecule has 0 spiro atoms. The van der Waals surface area contributed by atoms with Crippen LogP contribution in [-0.2, 0) is 0 Å². The van der Waals surface area contributed by atoms with E-state index in [9.17, 15) is 4.39 Å². The van der Waals surface area contributed by atoms with Crippen molar-refractivity contribution in [3.8, 4) is 5.75 Å². The highest BCUT2D eigenvalue weighted by Gasteiger charge is 2.25. The molecule has 3 heteroatoms. The van der Waals surface area contributed by atoms with Gasteiger partial charge in [0.05, 0.1) is 7.11 Å². The van der Waals surface area contributed by atoms with E-state index >= 15 is 0 Å². The van der Waals surface area contributed by atoms with E-state index < -0.39 is 0 Å². The Hall–Kier alpha value is -1.09. The lowest BCUT2D eigenvalue weighted by Gasteiger charge is -2.27. The van der Waals surface area contributed by atoms with Crippen molar-refractivity contribution in [2.75, 3.05) is 14.2 Å². The summed E-state index contributed by atoms with van der Waals surface area (Å²) in [5, 5.41) is 3.37. The van der Waals surface area contributed by atoms with Crippen LogP contribution in [0.2, 0.25) is 0 Å². The molecule has 0 saturated heterocycles. The van der Waals surface area contributed by atoms with Crippen molar-refractivity contribution in [2.45, 2.75) is 44.6 Å². The number of hydrogen-bond donors (Lipinski definition) is 1. The Kier molecular flexibility index (Phi) is 5.20. The highest BCUT2D eigenvalue weighted by atomic mass is 19.1. The normalized spacial score (nSPS) is 18.9. The van der Waals surface area contributed by atoms with Gasteiger partial charge < -0.3 is 10.1 Å². The van der Waals surface area contributed by atoms with Crippen LogP contribution in [0.4, 0.5) is 4.39 Å². The average molecular weight is 265 g/mol. The summed E-state index contributed by atoms with van der Waals surface area (Å²) in [6.07, 6.45) is 7.64. The van der Waals surface area contributed by atoms with Gasteiger partial charge in [-0.15, -0.1) is 0 Å². The van der Waals surface area contributed by atoms with Gasteiger partial charge in [-0.25, -0.2) is 4.39 Å². The van der Waals surface area contributed by atoms with Gasteiger partial charge in [0.15, 0.2) is 0 Å². The number of halogens is 1. The van der Waals surface area contributed by atoms with E-state index in [0.717, 1.165) is 11.3 Å². The fourth-order valence-electron chi connectivity index (χ4n) is 3.24. The molecule has 0 aliphatic heterocycles. The smallest absolute Gasteiger partial charge is 0.123 e. The average Bonchev–Trinajstić information content (AvgIpc) is 2.69. The number of benzene rings is 1. The predicted octanol–water partition coefficient (Wildman–Crippen LogP) is 4.07. The van der Waals surface area contributed by atoms with Gasteiger partial charge in [0.2, 0.25) is 0 Å². The van der Waals surface area contributed by atoms with Crippen molar-refractivity contribution >= 4 is 0 Å². The zero-order valence-corrected chi connectivity index (χ0v) is 11.9. The molecule has 1 aromatic carbocycles. The first-order valence-corrected chi connectivity index (χ1v) is 7.27. The molecule has 1 aromatic rings. The lowest BCUT2D eigenvalue weighted by Crippen LogP contribution is -2.25. The van der Waals surface area contributed by atoms with Gasteiger partial charge in [-0.3, -0.25) is 0 Å². The SMILES string of the molecule is CNC(c1cc(F)ccc1OC)C1CCCCCC1. The molecule has 1 fully saturated rings. The Bertz CT molecular complexity index is 400. The highest BCUT2D eigenvalue weighted by molar-refractivity contribution is 5.37. The molecule has 0 heterocycles. The van der Waals surface area contributed by atoms with E-state index in [1.165, 1.54) is 44.6 Å². The Morgan fingerprint density at radius 1 is 1.21 bits per heavy atom. The summed E-state index contributed by atoms with van der Waals surface area (Å²) in [5.74, 6) is 1.16. The summed E-state index contributed by atoms with van der Waals surface area (Å²) in [7, 11) is 3.61. The van der Waals surface area contributed by atoms with E-state index in [-0.39, 0.29) is 11.9 Å². The molecule has 2 rings (SSSR count). The summed E-state index contributed by atoms with van der Waals surface area (Å²) in [5.41, 5.74) is 0.955. The molecule has 1 aliphatic carbocycles. The molecule has 2 nitrogen and oxygen atoms in total. The molecule has 0 amide bonds. The molecule has 1 saturated carbocycles. The number of rotatable bonds is 4. The van der Waals surface area contributed by atoms with Crippen molar-refractivity contribution in [2.24, 2.45) is 5.92 Å². The predicted molar refractivity (Wildman–Crippen MR) is 75.9 cm³/mol. The van der Waals surface area contributed by atoms with Crippen LogP contribution in [0.5, 0.6) is 5.75 Å². The Labute approximate surface area is 115 Å². The topological polar surface area (TPSA) is 21.3 Å². The van der Waals surface area contributed by atoms with Crippen LogP contribution in [0.15, 0.2) is 18.2 Å². The first-order valence-electron chi connectivity index (χ1n) is 7.27. The number of methoxy groups -OCH3 is 1. The Balaban J connectivity index is 2.26. The van der Waals surface area contributed by atoms with Gasteiger partial charge in [-0.05, 0) is 44.0 Å². The second-order valence-electron chi connectivity index (χ2n) is 5.40. The van der Waals surface area contributed by atoms with Crippen molar-refractivity contribution in [1.29, 1.82) is 0 Å². The fraction of sp³-hybridized carbons (Fsp3) is 0.625. The maximum absolute atomic E-state index is 13.5. The molecule has 1 N–H and O–H groups in total. The molecule has 1 aliphatic rings. The first-order chi connectivity index (χ1) is 9.26. The van der Waals surface area contributed by atoms with E-state index in [1.54, 1.807) is 19.2 Å². The van der Waals surface area contributed by atoms with E-state index in [2.05, 4.69) is 5.32 Å². The van der Waals surface area contributed by atoms with E-state index in [4.69, 9.17) is 4.74 Å².